The second kappa shape index (κ2) is 6.38. The number of ether oxygens (including phenoxy) is 1. The number of halogens is 1. The van der Waals surface area contributed by atoms with Crippen molar-refractivity contribution in [1.82, 2.24) is 24.9 Å². The molecular formula is C21H14FN5O. The molecule has 1 N–H and O–H groups in total. The second-order valence-corrected chi connectivity index (χ2v) is 6.28. The standard InChI is InChI=1S/C21H14FN5O/c1-28-18-5-4-13(9-25-18)19-15(22)10-26-21-20(19)14-7-16(24-11-17(14)27-21)12-3-2-6-23-8-12/h2-11H,1H3,(H,26,27). The summed E-state index contributed by atoms with van der Waals surface area (Å²) in [5, 5.41) is 1.52. The highest BCUT2D eigenvalue weighted by Gasteiger charge is 2.17. The fraction of sp³-hybridized carbons (Fsp3) is 0.0476. The quantitative estimate of drug-likeness (QED) is 0.509. The fourth-order valence-corrected chi connectivity index (χ4v) is 3.34. The van der Waals surface area contributed by atoms with E-state index in [1.807, 2.05) is 18.2 Å². The first-order valence-corrected chi connectivity index (χ1v) is 8.61. The van der Waals surface area contributed by atoms with Crippen molar-refractivity contribution in [2.75, 3.05) is 7.11 Å². The highest BCUT2D eigenvalue weighted by atomic mass is 19.1. The Kier molecular flexibility index (Phi) is 3.72. The van der Waals surface area contributed by atoms with Crippen molar-refractivity contribution >= 4 is 21.9 Å². The molecule has 5 aromatic rings. The molecule has 6 nitrogen and oxygen atoms in total. The molecule has 5 aromatic heterocycles. The molecule has 0 spiro atoms. The summed E-state index contributed by atoms with van der Waals surface area (Å²) in [4.78, 5) is 20.3. The SMILES string of the molecule is COc1ccc(-c2c(F)cnc3[nH]c4cnc(-c5cccnc5)cc4c23)cn1. The lowest BCUT2D eigenvalue weighted by Crippen LogP contribution is -1.91. The first kappa shape index (κ1) is 16.3. The number of fused-ring (bicyclic) bond motifs is 3. The van der Waals surface area contributed by atoms with Gasteiger partial charge in [-0.15, -0.1) is 0 Å². The highest BCUT2D eigenvalue weighted by molar-refractivity contribution is 6.13. The number of hydrogen-bond donors (Lipinski definition) is 1. The summed E-state index contributed by atoms with van der Waals surface area (Å²) in [6.45, 7) is 0. The van der Waals surface area contributed by atoms with E-state index in [1.165, 1.54) is 6.20 Å². The lowest BCUT2D eigenvalue weighted by Gasteiger charge is -2.07. The molecule has 136 valence electrons. The van der Waals surface area contributed by atoms with Gasteiger partial charge in [-0.1, -0.05) is 0 Å². The Labute approximate surface area is 159 Å². The third-order valence-corrected chi connectivity index (χ3v) is 4.65. The molecule has 0 aliphatic heterocycles. The molecule has 0 aromatic carbocycles. The minimum Gasteiger partial charge on any atom is -0.481 e. The van der Waals surface area contributed by atoms with Crippen LogP contribution >= 0.6 is 0 Å². The summed E-state index contributed by atoms with van der Waals surface area (Å²) in [5.41, 5.74) is 4.09. The van der Waals surface area contributed by atoms with Crippen LogP contribution in [0, 0.1) is 5.82 Å². The molecule has 7 heteroatoms. The highest BCUT2D eigenvalue weighted by Crippen LogP contribution is 2.36. The van der Waals surface area contributed by atoms with Crippen molar-refractivity contribution in [3.8, 4) is 28.3 Å². The van der Waals surface area contributed by atoms with Crippen LogP contribution in [0.25, 0.3) is 44.3 Å². The number of aromatic amines is 1. The number of hydrogen-bond acceptors (Lipinski definition) is 5. The van der Waals surface area contributed by atoms with Crippen molar-refractivity contribution in [3.63, 3.8) is 0 Å². The van der Waals surface area contributed by atoms with Gasteiger partial charge in [0.25, 0.3) is 0 Å². The van der Waals surface area contributed by atoms with Crippen LogP contribution in [0.15, 0.2) is 61.3 Å². The maximum atomic E-state index is 14.9. The zero-order valence-corrected chi connectivity index (χ0v) is 14.8. The average molecular weight is 371 g/mol. The molecule has 0 unspecified atom stereocenters. The first-order valence-electron chi connectivity index (χ1n) is 8.61. The molecule has 0 aliphatic carbocycles. The normalized spacial score (nSPS) is 11.2. The Morgan fingerprint density at radius 1 is 0.964 bits per heavy atom. The Morgan fingerprint density at radius 2 is 1.89 bits per heavy atom. The maximum Gasteiger partial charge on any atom is 0.212 e. The van der Waals surface area contributed by atoms with Gasteiger partial charge in [0.15, 0.2) is 0 Å². The number of H-pyrrole nitrogens is 1. The molecule has 0 bridgehead atoms. The maximum absolute atomic E-state index is 14.9. The van der Waals surface area contributed by atoms with Gasteiger partial charge in [-0.05, 0) is 24.3 Å². The molecular weight excluding hydrogens is 357 g/mol. The predicted molar refractivity (Wildman–Crippen MR) is 104 cm³/mol. The van der Waals surface area contributed by atoms with Gasteiger partial charge in [0, 0.05) is 52.1 Å². The number of pyridine rings is 4. The number of nitrogens with zero attached hydrogens (tertiary/aromatic N) is 4. The monoisotopic (exact) mass is 371 g/mol. The van der Waals surface area contributed by atoms with E-state index in [9.17, 15) is 4.39 Å². The second-order valence-electron chi connectivity index (χ2n) is 6.28. The lowest BCUT2D eigenvalue weighted by molar-refractivity contribution is 0.398. The summed E-state index contributed by atoms with van der Waals surface area (Å²) in [6, 6.07) is 9.20. The number of methoxy groups -OCH3 is 1. The minimum atomic E-state index is -0.417. The Hall–Kier alpha value is -3.87. The van der Waals surface area contributed by atoms with Crippen molar-refractivity contribution < 1.29 is 9.13 Å². The minimum absolute atomic E-state index is 0.417. The summed E-state index contributed by atoms with van der Waals surface area (Å²) in [6.07, 6.45) is 8.00. The van der Waals surface area contributed by atoms with E-state index in [2.05, 4.69) is 24.9 Å². The van der Waals surface area contributed by atoms with E-state index in [4.69, 9.17) is 4.74 Å². The molecule has 0 atom stereocenters. The molecule has 28 heavy (non-hydrogen) atoms. The van der Waals surface area contributed by atoms with Crippen molar-refractivity contribution in [3.05, 3.63) is 67.1 Å². The van der Waals surface area contributed by atoms with Crippen LogP contribution in [-0.4, -0.2) is 32.0 Å². The summed E-state index contributed by atoms with van der Waals surface area (Å²) in [7, 11) is 1.54. The molecule has 0 aliphatic rings. The number of aromatic nitrogens is 5. The molecule has 5 heterocycles. The third-order valence-electron chi connectivity index (χ3n) is 4.65. The average Bonchev–Trinajstić information content (AvgIpc) is 3.12. The third kappa shape index (κ3) is 2.56. The van der Waals surface area contributed by atoms with E-state index in [-0.39, 0.29) is 0 Å². The Morgan fingerprint density at radius 3 is 2.64 bits per heavy atom. The van der Waals surface area contributed by atoms with Crippen molar-refractivity contribution in [1.29, 1.82) is 0 Å². The van der Waals surface area contributed by atoms with Crippen LogP contribution in [0.3, 0.4) is 0 Å². The van der Waals surface area contributed by atoms with E-state index in [0.717, 1.165) is 22.2 Å². The summed E-state index contributed by atoms with van der Waals surface area (Å²) in [5.74, 6) is 0.0524. The molecule has 0 saturated carbocycles. The van der Waals surface area contributed by atoms with Gasteiger partial charge in [0.05, 0.1) is 30.7 Å². The molecule has 0 saturated heterocycles. The fourth-order valence-electron chi connectivity index (χ4n) is 3.34. The van der Waals surface area contributed by atoms with E-state index < -0.39 is 5.82 Å². The van der Waals surface area contributed by atoms with Gasteiger partial charge >= 0.3 is 0 Å². The lowest BCUT2D eigenvalue weighted by atomic mass is 10.0. The topological polar surface area (TPSA) is 76.6 Å². The van der Waals surface area contributed by atoms with Crippen molar-refractivity contribution in [2.24, 2.45) is 0 Å². The van der Waals surface area contributed by atoms with E-state index in [1.54, 1.807) is 44.0 Å². The largest absolute Gasteiger partial charge is 0.481 e. The van der Waals surface area contributed by atoms with Crippen LogP contribution in [-0.2, 0) is 0 Å². The van der Waals surface area contributed by atoms with Crippen LogP contribution in [0.1, 0.15) is 0 Å². The van der Waals surface area contributed by atoms with Gasteiger partial charge in [-0.2, -0.15) is 0 Å². The summed E-state index contributed by atoms with van der Waals surface area (Å²) >= 11 is 0. The van der Waals surface area contributed by atoms with Crippen LogP contribution in [0.5, 0.6) is 5.88 Å². The Balaban J connectivity index is 1.80. The predicted octanol–water partition coefficient (Wildman–Crippen LogP) is 4.38. The van der Waals surface area contributed by atoms with Crippen molar-refractivity contribution in [2.45, 2.75) is 0 Å². The number of nitrogens with one attached hydrogen (secondary N) is 1. The molecule has 0 fully saturated rings. The van der Waals surface area contributed by atoms with Gasteiger partial charge in [-0.3, -0.25) is 9.97 Å². The van der Waals surface area contributed by atoms with E-state index >= 15 is 0 Å². The zero-order valence-electron chi connectivity index (χ0n) is 14.8. The Bertz CT molecular complexity index is 1300. The number of rotatable bonds is 3. The van der Waals surface area contributed by atoms with Gasteiger partial charge < -0.3 is 9.72 Å². The van der Waals surface area contributed by atoms with E-state index in [0.29, 0.717) is 28.0 Å². The zero-order chi connectivity index (χ0) is 19.1. The molecule has 0 amide bonds. The molecule has 0 radical (unpaired) electrons. The smallest absolute Gasteiger partial charge is 0.212 e. The van der Waals surface area contributed by atoms with Gasteiger partial charge in [0.1, 0.15) is 11.5 Å². The summed E-state index contributed by atoms with van der Waals surface area (Å²) < 4.78 is 20.0. The van der Waals surface area contributed by atoms with Crippen LogP contribution < -0.4 is 4.74 Å². The molecule has 5 rings (SSSR count). The van der Waals surface area contributed by atoms with Gasteiger partial charge in [0.2, 0.25) is 5.88 Å². The van der Waals surface area contributed by atoms with Gasteiger partial charge in [-0.25, -0.2) is 14.4 Å². The van der Waals surface area contributed by atoms with Crippen LogP contribution in [0.4, 0.5) is 4.39 Å². The van der Waals surface area contributed by atoms with Crippen LogP contribution in [0.2, 0.25) is 0 Å². The first-order chi connectivity index (χ1) is 13.7.